The Morgan fingerprint density at radius 1 is 1.77 bits per heavy atom. The van der Waals surface area contributed by atoms with Gasteiger partial charge in [0.05, 0.1) is 11.6 Å². The van der Waals surface area contributed by atoms with Gasteiger partial charge in [-0.15, -0.1) is 11.8 Å². The van der Waals surface area contributed by atoms with Crippen LogP contribution in [0.25, 0.3) is 0 Å². The molecule has 2 heterocycles. The van der Waals surface area contributed by atoms with Crippen molar-refractivity contribution in [2.75, 3.05) is 6.54 Å². The number of rotatable bonds is 2. The van der Waals surface area contributed by atoms with E-state index in [0.717, 1.165) is 18.3 Å². The first-order valence-electron chi connectivity index (χ1n) is 4.70. The highest BCUT2D eigenvalue weighted by molar-refractivity contribution is 8.00. The van der Waals surface area contributed by atoms with Crippen LogP contribution < -0.4 is 5.32 Å². The SMILES string of the molecule is CCn1cc(C2NCC(C)S2)cn1. The Balaban J connectivity index is 2.08. The number of hydrogen-bond acceptors (Lipinski definition) is 3. The van der Waals surface area contributed by atoms with Gasteiger partial charge in [0.2, 0.25) is 0 Å². The second-order valence-corrected chi connectivity index (χ2v) is 4.91. The van der Waals surface area contributed by atoms with Gasteiger partial charge in [-0.2, -0.15) is 5.10 Å². The van der Waals surface area contributed by atoms with E-state index in [1.165, 1.54) is 5.56 Å². The molecule has 1 saturated heterocycles. The lowest BCUT2D eigenvalue weighted by atomic mass is 10.3. The third kappa shape index (κ3) is 1.89. The summed E-state index contributed by atoms with van der Waals surface area (Å²) in [7, 11) is 0. The molecule has 13 heavy (non-hydrogen) atoms. The van der Waals surface area contributed by atoms with E-state index < -0.39 is 0 Å². The maximum absolute atomic E-state index is 4.27. The maximum Gasteiger partial charge on any atom is 0.0823 e. The molecule has 2 rings (SSSR count). The fourth-order valence-corrected chi connectivity index (χ4v) is 2.61. The summed E-state index contributed by atoms with van der Waals surface area (Å²) >= 11 is 1.98. The minimum atomic E-state index is 0.454. The Bertz CT molecular complexity index is 284. The monoisotopic (exact) mass is 197 g/mol. The highest BCUT2D eigenvalue weighted by Crippen LogP contribution is 2.34. The molecule has 0 saturated carbocycles. The number of nitrogens with one attached hydrogen (secondary N) is 1. The predicted octanol–water partition coefficient (Wildman–Crippen LogP) is 1.63. The summed E-state index contributed by atoms with van der Waals surface area (Å²) in [5.41, 5.74) is 1.30. The molecule has 3 nitrogen and oxygen atoms in total. The molecule has 0 aromatic carbocycles. The van der Waals surface area contributed by atoms with E-state index in [4.69, 9.17) is 0 Å². The first-order chi connectivity index (χ1) is 6.29. The first-order valence-corrected chi connectivity index (χ1v) is 5.65. The third-order valence-corrected chi connectivity index (χ3v) is 3.58. The number of hydrogen-bond donors (Lipinski definition) is 1. The predicted molar refractivity (Wildman–Crippen MR) is 55.7 cm³/mol. The van der Waals surface area contributed by atoms with Gasteiger partial charge < -0.3 is 5.32 Å². The molecule has 2 unspecified atom stereocenters. The summed E-state index contributed by atoms with van der Waals surface area (Å²) in [4.78, 5) is 0. The van der Waals surface area contributed by atoms with Crippen molar-refractivity contribution in [1.82, 2.24) is 15.1 Å². The fourth-order valence-electron chi connectivity index (χ4n) is 1.49. The van der Waals surface area contributed by atoms with Gasteiger partial charge in [-0.25, -0.2) is 0 Å². The molecule has 1 aliphatic heterocycles. The molecule has 72 valence electrons. The van der Waals surface area contributed by atoms with Crippen molar-refractivity contribution in [3.8, 4) is 0 Å². The molecule has 0 bridgehead atoms. The lowest BCUT2D eigenvalue weighted by Crippen LogP contribution is -2.13. The van der Waals surface area contributed by atoms with Gasteiger partial charge >= 0.3 is 0 Å². The molecular weight excluding hydrogens is 182 g/mol. The molecule has 0 amide bonds. The van der Waals surface area contributed by atoms with E-state index >= 15 is 0 Å². The van der Waals surface area contributed by atoms with Crippen LogP contribution >= 0.6 is 11.8 Å². The minimum Gasteiger partial charge on any atom is -0.300 e. The van der Waals surface area contributed by atoms with Crippen LogP contribution in [-0.4, -0.2) is 21.6 Å². The topological polar surface area (TPSA) is 29.9 Å². The lowest BCUT2D eigenvalue weighted by Gasteiger charge is -2.05. The van der Waals surface area contributed by atoms with E-state index in [9.17, 15) is 0 Å². The molecule has 1 aliphatic rings. The van der Waals surface area contributed by atoms with Gasteiger partial charge in [0.25, 0.3) is 0 Å². The molecule has 4 heteroatoms. The largest absolute Gasteiger partial charge is 0.300 e. The van der Waals surface area contributed by atoms with Gasteiger partial charge in [0, 0.05) is 30.1 Å². The zero-order chi connectivity index (χ0) is 9.26. The Labute approximate surface area is 82.9 Å². The minimum absolute atomic E-state index is 0.454. The molecular formula is C9H15N3S. The Morgan fingerprint density at radius 2 is 2.62 bits per heavy atom. The van der Waals surface area contributed by atoms with Gasteiger partial charge in [-0.1, -0.05) is 6.92 Å². The van der Waals surface area contributed by atoms with Crippen LogP contribution in [0, 0.1) is 0 Å². The highest BCUT2D eigenvalue weighted by Gasteiger charge is 2.23. The Morgan fingerprint density at radius 3 is 3.15 bits per heavy atom. The summed E-state index contributed by atoms with van der Waals surface area (Å²) in [5.74, 6) is 0. The van der Waals surface area contributed by atoms with Crippen molar-refractivity contribution < 1.29 is 0 Å². The van der Waals surface area contributed by atoms with Crippen molar-refractivity contribution in [2.45, 2.75) is 31.0 Å². The molecule has 0 spiro atoms. The summed E-state index contributed by atoms with van der Waals surface area (Å²) in [5, 5.41) is 8.91. The van der Waals surface area contributed by atoms with Crippen LogP contribution in [0.1, 0.15) is 24.8 Å². The van der Waals surface area contributed by atoms with Crippen LogP contribution in [0.4, 0.5) is 0 Å². The summed E-state index contributed by atoms with van der Waals surface area (Å²) in [6.07, 6.45) is 4.09. The van der Waals surface area contributed by atoms with Crippen LogP contribution in [0.5, 0.6) is 0 Å². The van der Waals surface area contributed by atoms with E-state index in [0.29, 0.717) is 5.37 Å². The molecule has 1 fully saturated rings. The fraction of sp³-hybridized carbons (Fsp3) is 0.667. The summed E-state index contributed by atoms with van der Waals surface area (Å²) in [6, 6.07) is 0. The average Bonchev–Trinajstić information content (AvgIpc) is 2.71. The summed E-state index contributed by atoms with van der Waals surface area (Å²) < 4.78 is 1.97. The molecule has 2 atom stereocenters. The first kappa shape index (κ1) is 9.09. The quantitative estimate of drug-likeness (QED) is 0.781. The number of thioether (sulfide) groups is 1. The third-order valence-electron chi connectivity index (χ3n) is 2.24. The zero-order valence-electron chi connectivity index (χ0n) is 8.03. The number of aromatic nitrogens is 2. The van der Waals surface area contributed by atoms with Crippen molar-refractivity contribution in [1.29, 1.82) is 0 Å². The highest BCUT2D eigenvalue weighted by atomic mass is 32.2. The molecule has 0 radical (unpaired) electrons. The lowest BCUT2D eigenvalue weighted by molar-refractivity contribution is 0.657. The molecule has 0 aliphatic carbocycles. The van der Waals surface area contributed by atoms with Crippen molar-refractivity contribution in [3.63, 3.8) is 0 Å². The van der Waals surface area contributed by atoms with E-state index in [-0.39, 0.29) is 0 Å². The smallest absolute Gasteiger partial charge is 0.0823 e. The van der Waals surface area contributed by atoms with E-state index in [2.05, 4.69) is 30.5 Å². The molecule has 1 aromatic rings. The van der Waals surface area contributed by atoms with Crippen molar-refractivity contribution in [3.05, 3.63) is 18.0 Å². The number of nitrogens with zero attached hydrogens (tertiary/aromatic N) is 2. The van der Waals surface area contributed by atoms with Crippen LogP contribution in [0.3, 0.4) is 0 Å². The Hall–Kier alpha value is -0.480. The summed E-state index contributed by atoms with van der Waals surface area (Å²) in [6.45, 7) is 6.41. The van der Waals surface area contributed by atoms with Crippen LogP contribution in [-0.2, 0) is 6.54 Å². The second kappa shape index (κ2) is 3.72. The molecule has 1 N–H and O–H groups in total. The normalized spacial score (nSPS) is 28.2. The van der Waals surface area contributed by atoms with Crippen LogP contribution in [0.2, 0.25) is 0 Å². The maximum atomic E-state index is 4.27. The van der Waals surface area contributed by atoms with Crippen molar-refractivity contribution in [2.24, 2.45) is 0 Å². The second-order valence-electron chi connectivity index (χ2n) is 3.36. The number of aryl methyl sites for hydroxylation is 1. The van der Waals surface area contributed by atoms with E-state index in [1.54, 1.807) is 0 Å². The van der Waals surface area contributed by atoms with Crippen LogP contribution in [0.15, 0.2) is 12.4 Å². The average molecular weight is 197 g/mol. The Kier molecular flexibility index (Phi) is 2.60. The van der Waals surface area contributed by atoms with Gasteiger partial charge in [0.15, 0.2) is 0 Å². The standard InChI is InChI=1S/C9H15N3S/c1-3-12-6-8(5-11-12)9-10-4-7(2)13-9/h5-7,9-10H,3-4H2,1-2H3. The van der Waals surface area contributed by atoms with E-state index in [1.807, 2.05) is 22.6 Å². The van der Waals surface area contributed by atoms with Gasteiger partial charge in [-0.05, 0) is 6.92 Å². The van der Waals surface area contributed by atoms with Gasteiger partial charge in [0.1, 0.15) is 0 Å². The van der Waals surface area contributed by atoms with Crippen molar-refractivity contribution >= 4 is 11.8 Å². The zero-order valence-corrected chi connectivity index (χ0v) is 8.84. The van der Waals surface area contributed by atoms with Gasteiger partial charge in [-0.3, -0.25) is 4.68 Å². The molecule has 1 aromatic heterocycles.